The third kappa shape index (κ3) is 2.58. The molecule has 0 saturated carbocycles. The van der Waals surface area contributed by atoms with Crippen LogP contribution >= 0.6 is 11.6 Å². The summed E-state index contributed by atoms with van der Waals surface area (Å²) in [6, 6.07) is 7.12. The molecule has 1 aromatic heterocycles. The number of hydrogen-bond acceptors (Lipinski definition) is 5. The van der Waals surface area contributed by atoms with Gasteiger partial charge in [-0.25, -0.2) is 4.98 Å². The minimum atomic E-state index is -0.417. The van der Waals surface area contributed by atoms with Crippen LogP contribution in [0.1, 0.15) is 11.1 Å². The van der Waals surface area contributed by atoms with Crippen molar-refractivity contribution in [2.24, 2.45) is 0 Å². The lowest BCUT2D eigenvalue weighted by molar-refractivity contribution is 0.413. The van der Waals surface area contributed by atoms with Crippen molar-refractivity contribution in [1.29, 1.82) is 5.26 Å². The molecular weight excluding hydrogens is 280 g/mol. The lowest BCUT2D eigenvalue weighted by Crippen LogP contribution is -2.24. The molecule has 0 aliphatic heterocycles. The average Bonchev–Trinajstić information content (AvgIpc) is 2.47. The van der Waals surface area contributed by atoms with E-state index in [4.69, 9.17) is 27.3 Å². The summed E-state index contributed by atoms with van der Waals surface area (Å²) < 4.78 is 6.38. The molecule has 0 amide bonds. The van der Waals surface area contributed by atoms with Gasteiger partial charge in [0.25, 0.3) is 5.56 Å². The molecule has 2 rings (SSSR count). The Balaban J connectivity index is 2.39. The van der Waals surface area contributed by atoms with Crippen LogP contribution in [0.5, 0.6) is 5.75 Å². The summed E-state index contributed by atoms with van der Waals surface area (Å²) in [6.45, 7) is 0.242. The largest absolute Gasteiger partial charge is 0.495 e. The zero-order valence-corrected chi connectivity index (χ0v) is 11.4. The molecule has 0 radical (unpaired) electrons. The van der Waals surface area contributed by atoms with Crippen LogP contribution in [0.15, 0.2) is 29.3 Å². The molecule has 1 aromatic carbocycles. The van der Waals surface area contributed by atoms with Gasteiger partial charge in [-0.05, 0) is 17.7 Å². The highest BCUT2D eigenvalue weighted by Gasteiger charge is 2.08. The SMILES string of the molecule is COc1ccc(Cn2cnc(Cl)c(N)c2=O)cc1C#N. The zero-order valence-electron chi connectivity index (χ0n) is 10.6. The summed E-state index contributed by atoms with van der Waals surface area (Å²) in [4.78, 5) is 15.7. The molecule has 7 heteroatoms. The first kappa shape index (κ1) is 13.9. The number of nitrogen functional groups attached to an aromatic ring is 1. The van der Waals surface area contributed by atoms with Gasteiger partial charge in [-0.15, -0.1) is 0 Å². The molecule has 102 valence electrons. The predicted octanol–water partition coefficient (Wildman–Crippen LogP) is 1.41. The first-order chi connectivity index (χ1) is 9.56. The normalized spacial score (nSPS) is 10.1. The number of hydrogen-bond donors (Lipinski definition) is 1. The van der Waals surface area contributed by atoms with E-state index in [0.29, 0.717) is 11.3 Å². The van der Waals surface area contributed by atoms with Crippen LogP contribution in [0.3, 0.4) is 0 Å². The van der Waals surface area contributed by atoms with Gasteiger partial charge in [0.15, 0.2) is 5.15 Å². The van der Waals surface area contributed by atoms with Gasteiger partial charge in [0, 0.05) is 0 Å². The first-order valence-electron chi connectivity index (χ1n) is 5.64. The van der Waals surface area contributed by atoms with Crippen molar-refractivity contribution >= 4 is 17.3 Å². The van der Waals surface area contributed by atoms with E-state index in [1.54, 1.807) is 18.2 Å². The predicted molar refractivity (Wildman–Crippen MR) is 74.7 cm³/mol. The van der Waals surface area contributed by atoms with Gasteiger partial charge in [0.1, 0.15) is 17.5 Å². The molecule has 20 heavy (non-hydrogen) atoms. The van der Waals surface area contributed by atoms with Crippen LogP contribution in [-0.2, 0) is 6.54 Å². The number of aromatic nitrogens is 2. The van der Waals surface area contributed by atoms with Gasteiger partial charge in [-0.1, -0.05) is 17.7 Å². The van der Waals surface area contributed by atoms with Crippen molar-refractivity contribution in [3.05, 3.63) is 51.2 Å². The van der Waals surface area contributed by atoms with Crippen molar-refractivity contribution in [3.63, 3.8) is 0 Å². The molecule has 0 aliphatic rings. The van der Waals surface area contributed by atoms with Crippen LogP contribution in [0.2, 0.25) is 5.15 Å². The fraction of sp³-hybridized carbons (Fsp3) is 0.154. The van der Waals surface area contributed by atoms with E-state index < -0.39 is 5.56 Å². The molecule has 6 nitrogen and oxygen atoms in total. The molecule has 0 fully saturated rings. The van der Waals surface area contributed by atoms with E-state index >= 15 is 0 Å². The number of ether oxygens (including phenoxy) is 1. The second-order valence-electron chi connectivity index (χ2n) is 4.03. The molecule has 2 aromatic rings. The summed E-state index contributed by atoms with van der Waals surface area (Å²) in [5, 5.41) is 9.01. The topological polar surface area (TPSA) is 93.9 Å². The van der Waals surface area contributed by atoms with Crippen LogP contribution in [0.4, 0.5) is 5.69 Å². The number of halogens is 1. The average molecular weight is 291 g/mol. The summed E-state index contributed by atoms with van der Waals surface area (Å²) in [5.41, 5.74) is 6.18. The fourth-order valence-electron chi connectivity index (χ4n) is 1.74. The number of nitrogens with two attached hydrogens (primary N) is 1. The quantitative estimate of drug-likeness (QED) is 0.863. The third-order valence-electron chi connectivity index (χ3n) is 2.76. The Bertz CT molecular complexity index is 749. The van der Waals surface area contributed by atoms with E-state index in [1.165, 1.54) is 18.0 Å². The van der Waals surface area contributed by atoms with Gasteiger partial charge in [-0.3, -0.25) is 9.36 Å². The molecule has 0 bridgehead atoms. The molecular formula is C13H11ClN4O2. The number of nitrogens with zero attached hydrogens (tertiary/aromatic N) is 3. The maximum Gasteiger partial charge on any atom is 0.278 e. The Kier molecular flexibility index (Phi) is 3.91. The lowest BCUT2D eigenvalue weighted by Gasteiger charge is -2.09. The molecule has 0 saturated heterocycles. The van der Waals surface area contributed by atoms with E-state index in [1.807, 2.05) is 6.07 Å². The van der Waals surface area contributed by atoms with Crippen molar-refractivity contribution in [2.75, 3.05) is 12.8 Å². The highest BCUT2D eigenvalue weighted by molar-refractivity contribution is 6.31. The first-order valence-corrected chi connectivity index (χ1v) is 6.02. The van der Waals surface area contributed by atoms with E-state index in [9.17, 15) is 4.79 Å². The van der Waals surface area contributed by atoms with E-state index in [0.717, 1.165) is 5.56 Å². The monoisotopic (exact) mass is 290 g/mol. The number of anilines is 1. The van der Waals surface area contributed by atoms with E-state index in [2.05, 4.69) is 4.98 Å². The number of rotatable bonds is 3. The molecule has 2 N–H and O–H groups in total. The van der Waals surface area contributed by atoms with E-state index in [-0.39, 0.29) is 17.4 Å². The molecule has 0 atom stereocenters. The van der Waals surface area contributed by atoms with Crippen LogP contribution in [0, 0.1) is 11.3 Å². The van der Waals surface area contributed by atoms with Gasteiger partial charge in [0.2, 0.25) is 0 Å². The Morgan fingerprint density at radius 2 is 2.30 bits per heavy atom. The molecule has 1 heterocycles. The van der Waals surface area contributed by atoms with Gasteiger partial charge < -0.3 is 10.5 Å². The van der Waals surface area contributed by atoms with Crippen molar-refractivity contribution < 1.29 is 4.74 Å². The Labute approximate surface area is 120 Å². The van der Waals surface area contributed by atoms with Crippen molar-refractivity contribution in [1.82, 2.24) is 9.55 Å². The van der Waals surface area contributed by atoms with Gasteiger partial charge in [-0.2, -0.15) is 5.26 Å². The van der Waals surface area contributed by atoms with Gasteiger partial charge in [0.05, 0.1) is 25.5 Å². The molecule has 0 spiro atoms. The fourth-order valence-corrected chi connectivity index (χ4v) is 1.86. The third-order valence-corrected chi connectivity index (χ3v) is 3.06. The van der Waals surface area contributed by atoms with Crippen LogP contribution in [0.25, 0.3) is 0 Å². The standard InChI is InChI=1S/C13H11ClN4O2/c1-20-10-3-2-8(4-9(10)5-15)6-18-7-17-12(14)11(16)13(18)19/h2-4,7H,6,16H2,1H3. The van der Waals surface area contributed by atoms with Gasteiger partial charge >= 0.3 is 0 Å². The summed E-state index contributed by atoms with van der Waals surface area (Å²) in [6.07, 6.45) is 1.32. The highest BCUT2D eigenvalue weighted by atomic mass is 35.5. The second kappa shape index (κ2) is 5.63. The minimum absolute atomic E-state index is 0.0151. The Morgan fingerprint density at radius 3 is 2.95 bits per heavy atom. The summed E-state index contributed by atoms with van der Waals surface area (Å²) >= 11 is 5.67. The van der Waals surface area contributed by atoms with Crippen LogP contribution < -0.4 is 16.0 Å². The number of nitriles is 1. The maximum atomic E-state index is 11.9. The number of benzene rings is 1. The summed E-state index contributed by atoms with van der Waals surface area (Å²) in [5.74, 6) is 0.484. The Morgan fingerprint density at radius 1 is 1.55 bits per heavy atom. The smallest absolute Gasteiger partial charge is 0.278 e. The molecule has 0 unspecified atom stereocenters. The maximum absolute atomic E-state index is 11.9. The zero-order chi connectivity index (χ0) is 14.7. The molecule has 0 aliphatic carbocycles. The van der Waals surface area contributed by atoms with Crippen molar-refractivity contribution in [2.45, 2.75) is 6.54 Å². The second-order valence-corrected chi connectivity index (χ2v) is 4.39. The summed E-state index contributed by atoms with van der Waals surface area (Å²) in [7, 11) is 1.49. The highest BCUT2D eigenvalue weighted by Crippen LogP contribution is 2.19. The number of methoxy groups -OCH3 is 1. The van der Waals surface area contributed by atoms with Crippen molar-refractivity contribution in [3.8, 4) is 11.8 Å². The van der Waals surface area contributed by atoms with Crippen LogP contribution in [-0.4, -0.2) is 16.7 Å². The minimum Gasteiger partial charge on any atom is -0.495 e. The lowest BCUT2D eigenvalue weighted by atomic mass is 10.1. The Hall–Kier alpha value is -2.52.